The van der Waals surface area contributed by atoms with Crippen molar-refractivity contribution in [2.75, 3.05) is 0 Å². The first-order valence-corrected chi connectivity index (χ1v) is 7.71. The number of hydrogen-bond donors (Lipinski definition) is 1. The van der Waals surface area contributed by atoms with Gasteiger partial charge in [-0.1, -0.05) is 16.4 Å². The van der Waals surface area contributed by atoms with E-state index in [0.717, 1.165) is 25.7 Å². The summed E-state index contributed by atoms with van der Waals surface area (Å²) in [5.74, 6) is 0.386. The highest BCUT2D eigenvalue weighted by Gasteiger charge is 2.29. The van der Waals surface area contributed by atoms with Crippen LogP contribution < -0.4 is 4.74 Å². The molecule has 0 amide bonds. The second kappa shape index (κ2) is 5.44. The van der Waals surface area contributed by atoms with Gasteiger partial charge in [0.25, 0.3) is 5.88 Å². The van der Waals surface area contributed by atoms with Crippen LogP contribution in [-0.4, -0.2) is 27.5 Å². The molecule has 6 heteroatoms. The number of hydrogen-bond acceptors (Lipinski definition) is 5. The van der Waals surface area contributed by atoms with Crippen molar-refractivity contribution in [2.24, 2.45) is 0 Å². The summed E-state index contributed by atoms with van der Waals surface area (Å²) in [6.07, 6.45) is 6.53. The van der Waals surface area contributed by atoms with E-state index in [4.69, 9.17) is 9.47 Å². The second-order valence-electron chi connectivity index (χ2n) is 5.84. The molecule has 0 atom stereocenters. The number of nitrogens with one attached hydrogen (secondary N) is 1. The highest BCUT2D eigenvalue weighted by Crippen LogP contribution is 2.30. The van der Waals surface area contributed by atoms with Gasteiger partial charge < -0.3 is 9.47 Å². The Balaban J connectivity index is 1.53. The first kappa shape index (κ1) is 13.3. The quantitative estimate of drug-likeness (QED) is 0.878. The smallest absolute Gasteiger partial charge is 0.362 e. The van der Waals surface area contributed by atoms with E-state index in [2.05, 4.69) is 21.5 Å². The fourth-order valence-corrected chi connectivity index (χ4v) is 2.70. The molecule has 0 unspecified atom stereocenters. The van der Waals surface area contributed by atoms with E-state index >= 15 is 0 Å². The molecule has 6 nitrogen and oxygen atoms in total. The van der Waals surface area contributed by atoms with Crippen molar-refractivity contribution in [3.63, 3.8) is 0 Å². The molecule has 114 valence electrons. The summed E-state index contributed by atoms with van der Waals surface area (Å²) in [7, 11) is 0. The monoisotopic (exact) mass is 299 g/mol. The summed E-state index contributed by atoms with van der Waals surface area (Å²) in [4.78, 5) is 12.0. The van der Waals surface area contributed by atoms with Crippen molar-refractivity contribution in [3.05, 3.63) is 35.0 Å². The van der Waals surface area contributed by atoms with Crippen molar-refractivity contribution in [2.45, 2.75) is 44.6 Å². The number of ether oxygens (including phenoxy) is 2. The summed E-state index contributed by atoms with van der Waals surface area (Å²) < 4.78 is 11.0. The van der Waals surface area contributed by atoms with Crippen molar-refractivity contribution in [3.8, 4) is 11.6 Å². The van der Waals surface area contributed by atoms with Crippen LogP contribution in [0.4, 0.5) is 0 Å². The van der Waals surface area contributed by atoms with Crippen LogP contribution in [0, 0.1) is 0 Å². The molecule has 22 heavy (non-hydrogen) atoms. The average molecular weight is 299 g/mol. The van der Waals surface area contributed by atoms with Crippen LogP contribution in [0.15, 0.2) is 18.2 Å². The fourth-order valence-electron chi connectivity index (χ4n) is 2.70. The van der Waals surface area contributed by atoms with Crippen LogP contribution >= 0.6 is 0 Å². The van der Waals surface area contributed by atoms with E-state index in [9.17, 15) is 4.79 Å². The largest absolute Gasteiger partial charge is 0.458 e. The van der Waals surface area contributed by atoms with Gasteiger partial charge in [0.1, 0.15) is 11.9 Å². The zero-order valence-corrected chi connectivity index (χ0v) is 12.2. The van der Waals surface area contributed by atoms with Crippen molar-refractivity contribution < 1.29 is 14.3 Å². The Kier molecular flexibility index (Phi) is 3.29. The molecule has 1 fully saturated rings. The van der Waals surface area contributed by atoms with Crippen LogP contribution in [0.2, 0.25) is 0 Å². The maximum atomic E-state index is 12.0. The van der Waals surface area contributed by atoms with Gasteiger partial charge in [0, 0.05) is 0 Å². The van der Waals surface area contributed by atoms with E-state index in [0.29, 0.717) is 5.75 Å². The Bertz CT molecular complexity index is 706. The second-order valence-corrected chi connectivity index (χ2v) is 5.84. The van der Waals surface area contributed by atoms with Crippen LogP contribution in [0.3, 0.4) is 0 Å². The number of rotatable bonds is 4. The van der Waals surface area contributed by atoms with Gasteiger partial charge in [0.2, 0.25) is 5.69 Å². The van der Waals surface area contributed by atoms with Gasteiger partial charge in [-0.15, -0.1) is 0 Å². The van der Waals surface area contributed by atoms with Gasteiger partial charge in [-0.3, -0.25) is 0 Å². The molecule has 0 aliphatic heterocycles. The zero-order valence-electron chi connectivity index (χ0n) is 12.2. The molecule has 1 heterocycles. The summed E-state index contributed by atoms with van der Waals surface area (Å²) in [5.41, 5.74) is 2.87. The average Bonchev–Trinajstić information content (AvgIpc) is 3.23. The SMILES string of the molecule is O=C(OC1CC1)c1[nH]nnc1Oc1ccc2c(c1)CCCC2. The number of aryl methyl sites for hydroxylation is 2. The molecule has 1 N–H and O–H groups in total. The Morgan fingerprint density at radius 2 is 2.00 bits per heavy atom. The number of carbonyl (C=O) groups is 1. The van der Waals surface area contributed by atoms with Crippen molar-refractivity contribution in [1.29, 1.82) is 0 Å². The fraction of sp³-hybridized carbons (Fsp3) is 0.438. The first-order chi connectivity index (χ1) is 10.8. The van der Waals surface area contributed by atoms with Gasteiger partial charge in [0.15, 0.2) is 0 Å². The van der Waals surface area contributed by atoms with E-state index in [1.165, 1.54) is 24.0 Å². The molecule has 0 saturated heterocycles. The molecule has 0 radical (unpaired) electrons. The third kappa shape index (κ3) is 2.68. The molecule has 1 saturated carbocycles. The van der Waals surface area contributed by atoms with Crippen LogP contribution in [0.5, 0.6) is 11.6 Å². The Hall–Kier alpha value is -2.37. The molecule has 4 rings (SSSR count). The van der Waals surface area contributed by atoms with E-state index in [1.54, 1.807) is 0 Å². The maximum absolute atomic E-state index is 12.0. The van der Waals surface area contributed by atoms with E-state index in [1.807, 2.05) is 12.1 Å². The number of carbonyl (C=O) groups excluding carboxylic acids is 1. The number of aromatic amines is 1. The number of H-pyrrole nitrogens is 1. The molecular formula is C16H17N3O3. The topological polar surface area (TPSA) is 77.1 Å². The lowest BCUT2D eigenvalue weighted by molar-refractivity contribution is 0.0462. The predicted octanol–water partition coefficient (Wildman–Crippen LogP) is 2.80. The molecule has 2 aromatic rings. The van der Waals surface area contributed by atoms with Gasteiger partial charge in [0.05, 0.1) is 0 Å². The van der Waals surface area contributed by atoms with Gasteiger partial charge >= 0.3 is 5.97 Å². The van der Waals surface area contributed by atoms with Crippen LogP contribution in [0.25, 0.3) is 0 Å². The number of esters is 1. The number of aromatic nitrogens is 3. The minimum absolute atomic E-state index is 0.0346. The minimum Gasteiger partial charge on any atom is -0.458 e. The molecule has 1 aromatic heterocycles. The highest BCUT2D eigenvalue weighted by molar-refractivity contribution is 5.89. The van der Waals surface area contributed by atoms with Gasteiger partial charge in [-0.25, -0.2) is 9.89 Å². The number of nitrogens with zero attached hydrogens (tertiary/aromatic N) is 2. The minimum atomic E-state index is -0.458. The lowest BCUT2D eigenvalue weighted by Crippen LogP contribution is -2.08. The van der Waals surface area contributed by atoms with Crippen LogP contribution in [0.1, 0.15) is 47.3 Å². The van der Waals surface area contributed by atoms with Crippen molar-refractivity contribution >= 4 is 5.97 Å². The third-order valence-electron chi connectivity index (χ3n) is 4.05. The maximum Gasteiger partial charge on any atom is 0.362 e. The van der Waals surface area contributed by atoms with Gasteiger partial charge in [-0.05, 0) is 61.8 Å². The van der Waals surface area contributed by atoms with Crippen LogP contribution in [-0.2, 0) is 17.6 Å². The zero-order chi connectivity index (χ0) is 14.9. The lowest BCUT2D eigenvalue weighted by atomic mass is 9.92. The van der Waals surface area contributed by atoms with E-state index in [-0.39, 0.29) is 17.7 Å². The summed E-state index contributed by atoms with van der Waals surface area (Å²) in [5, 5.41) is 10.1. The molecule has 1 aromatic carbocycles. The highest BCUT2D eigenvalue weighted by atomic mass is 16.6. The van der Waals surface area contributed by atoms with Gasteiger partial charge in [-0.2, -0.15) is 0 Å². The number of benzene rings is 1. The Morgan fingerprint density at radius 1 is 1.18 bits per heavy atom. The summed E-state index contributed by atoms with van der Waals surface area (Å²) in [6.45, 7) is 0. The third-order valence-corrected chi connectivity index (χ3v) is 4.05. The standard InChI is InChI=1S/C16H17N3O3/c20-16(22-12-7-8-12)14-15(18-19-17-14)21-13-6-5-10-3-1-2-4-11(10)9-13/h5-6,9,12H,1-4,7-8H2,(H,17,18,19). The number of fused-ring (bicyclic) bond motifs is 1. The molecule has 0 spiro atoms. The normalized spacial score (nSPS) is 16.9. The predicted molar refractivity (Wildman–Crippen MR) is 78.0 cm³/mol. The molecular weight excluding hydrogens is 282 g/mol. The Labute approximate surface area is 127 Å². The summed E-state index contributed by atoms with van der Waals surface area (Å²) >= 11 is 0. The lowest BCUT2D eigenvalue weighted by Gasteiger charge is -2.16. The summed E-state index contributed by atoms with van der Waals surface area (Å²) in [6, 6.07) is 6.03. The van der Waals surface area contributed by atoms with E-state index < -0.39 is 5.97 Å². The first-order valence-electron chi connectivity index (χ1n) is 7.71. The van der Waals surface area contributed by atoms with Crippen molar-refractivity contribution in [1.82, 2.24) is 15.4 Å². The molecule has 0 bridgehead atoms. The molecule has 2 aliphatic rings. The Morgan fingerprint density at radius 3 is 2.82 bits per heavy atom. The molecule has 2 aliphatic carbocycles.